The molecular formula is C41H70N2O5. The van der Waals surface area contributed by atoms with E-state index in [1.165, 1.54) is 64.5 Å². The van der Waals surface area contributed by atoms with Gasteiger partial charge in [0.05, 0.1) is 30.5 Å². The average Bonchev–Trinajstić information content (AvgIpc) is 3.38. The normalized spacial score (nSPS) is 49.7. The lowest BCUT2D eigenvalue weighted by Gasteiger charge is -2.60. The maximum Gasteiger partial charge on any atom is 0.170 e. The lowest BCUT2D eigenvalue weighted by atomic mass is 9.46. The third-order valence-corrected chi connectivity index (χ3v) is 17.1. The first-order valence-electron chi connectivity index (χ1n) is 20.4. The highest BCUT2D eigenvalue weighted by atomic mass is 16.7. The van der Waals surface area contributed by atoms with Crippen molar-refractivity contribution in [3.8, 4) is 0 Å². The molecule has 8 fully saturated rings. The predicted octanol–water partition coefficient (Wildman–Crippen LogP) is 6.75. The number of hydrogen-bond acceptors (Lipinski definition) is 7. The molecule has 0 aromatic heterocycles. The molecule has 13 atom stereocenters. The molecule has 0 radical (unpaired) electrons. The minimum atomic E-state index is -0.898. The van der Waals surface area contributed by atoms with E-state index in [2.05, 4.69) is 51.3 Å². The molecule has 7 nitrogen and oxygen atoms in total. The molecule has 7 heteroatoms. The molecule has 3 aliphatic heterocycles. The second-order valence-corrected chi connectivity index (χ2v) is 19.8. The second-order valence-electron chi connectivity index (χ2n) is 19.8. The van der Waals surface area contributed by atoms with Crippen molar-refractivity contribution in [1.29, 1.82) is 0 Å². The van der Waals surface area contributed by atoms with E-state index in [1.807, 2.05) is 20.8 Å². The molecule has 3 saturated heterocycles. The molecule has 8 aliphatic rings. The van der Waals surface area contributed by atoms with Gasteiger partial charge in [-0.15, -0.1) is 0 Å². The van der Waals surface area contributed by atoms with Gasteiger partial charge in [-0.25, -0.2) is 0 Å². The predicted molar refractivity (Wildman–Crippen MR) is 188 cm³/mol. The van der Waals surface area contributed by atoms with Crippen LogP contribution >= 0.6 is 0 Å². The van der Waals surface area contributed by atoms with Crippen molar-refractivity contribution >= 4 is 0 Å². The molecule has 0 aromatic carbocycles. The Morgan fingerprint density at radius 2 is 1.67 bits per heavy atom. The van der Waals surface area contributed by atoms with Crippen LogP contribution in [0, 0.1) is 51.2 Å². The number of morpholine rings is 1. The molecule has 48 heavy (non-hydrogen) atoms. The SMILES string of the molecule is CCOC(C1CCC2C(CC3C4CCC5C(C)(C)C(OC6CN(C7CN(C(C)C)C7)CCO6)CCC56[C@@H](C)C46CCC23C)O1)C(C)(C)O. The quantitative estimate of drug-likeness (QED) is 0.307. The Morgan fingerprint density at radius 1 is 0.917 bits per heavy atom. The number of likely N-dealkylation sites (tertiary alicyclic amines) is 1. The van der Waals surface area contributed by atoms with Gasteiger partial charge in [0.15, 0.2) is 6.29 Å². The standard InChI is InChI=1S/C41H70N2O5/c1-10-45-36(38(7,8)44)31-13-11-29-32(47-31)21-30-28-12-14-33-37(5,6)34(15-16-41(33)26(4)40(28,41)18-17-39(29,30)9)48-35-24-42(19-20-46-35)27-22-43(23-27)25(2)3/h25-36,44H,10-24H2,1-9H3/t26-,28?,29?,30?,31?,32?,33?,34?,35?,36?,39?,40?,41?/m0/s1. The highest BCUT2D eigenvalue weighted by molar-refractivity contribution is 5.32. The van der Waals surface area contributed by atoms with Gasteiger partial charge in [-0.1, -0.05) is 27.7 Å². The first-order chi connectivity index (χ1) is 22.7. The van der Waals surface area contributed by atoms with Crippen LogP contribution in [0.2, 0.25) is 0 Å². The van der Waals surface area contributed by atoms with Crippen LogP contribution in [0.25, 0.3) is 0 Å². The minimum Gasteiger partial charge on any atom is -0.388 e. The van der Waals surface area contributed by atoms with E-state index in [1.54, 1.807) is 0 Å². The molecule has 0 bridgehead atoms. The van der Waals surface area contributed by atoms with E-state index in [4.69, 9.17) is 18.9 Å². The summed E-state index contributed by atoms with van der Waals surface area (Å²) < 4.78 is 26.5. The Hall–Kier alpha value is -0.280. The summed E-state index contributed by atoms with van der Waals surface area (Å²) in [6.45, 7) is 26.6. The molecule has 12 unspecified atom stereocenters. The van der Waals surface area contributed by atoms with Crippen LogP contribution < -0.4 is 0 Å². The zero-order valence-corrected chi connectivity index (χ0v) is 32.0. The van der Waals surface area contributed by atoms with Gasteiger partial charge in [-0.05, 0) is 144 Å². The lowest BCUT2D eigenvalue weighted by molar-refractivity contribution is -0.250. The number of ether oxygens (including phenoxy) is 4. The Balaban J connectivity index is 0.958. The summed E-state index contributed by atoms with van der Waals surface area (Å²) in [5, 5.41) is 11.0. The zero-order valence-electron chi connectivity index (χ0n) is 32.0. The van der Waals surface area contributed by atoms with Crippen molar-refractivity contribution in [3.05, 3.63) is 0 Å². The fourth-order valence-corrected chi connectivity index (χ4v) is 14.8. The average molecular weight is 671 g/mol. The van der Waals surface area contributed by atoms with Crippen LogP contribution in [-0.4, -0.2) is 103 Å². The molecule has 0 aromatic rings. The van der Waals surface area contributed by atoms with Crippen LogP contribution in [0.4, 0.5) is 0 Å². The Bertz CT molecular complexity index is 1200. The van der Waals surface area contributed by atoms with Crippen LogP contribution in [0.1, 0.15) is 120 Å². The van der Waals surface area contributed by atoms with E-state index in [0.717, 1.165) is 49.8 Å². The van der Waals surface area contributed by atoms with Gasteiger partial charge < -0.3 is 24.1 Å². The number of rotatable bonds is 8. The summed E-state index contributed by atoms with van der Waals surface area (Å²) >= 11 is 0. The summed E-state index contributed by atoms with van der Waals surface area (Å²) in [7, 11) is 0. The van der Waals surface area contributed by atoms with E-state index >= 15 is 0 Å². The fourth-order valence-electron chi connectivity index (χ4n) is 14.8. The number of hydrogen-bond donors (Lipinski definition) is 1. The maximum atomic E-state index is 11.0. The van der Waals surface area contributed by atoms with E-state index in [-0.39, 0.29) is 30.0 Å². The van der Waals surface area contributed by atoms with Crippen LogP contribution in [0.5, 0.6) is 0 Å². The van der Waals surface area contributed by atoms with Crippen molar-refractivity contribution < 1.29 is 24.1 Å². The smallest absolute Gasteiger partial charge is 0.170 e. The summed E-state index contributed by atoms with van der Waals surface area (Å²) in [5.74, 6) is 3.76. The van der Waals surface area contributed by atoms with Crippen molar-refractivity contribution in [1.82, 2.24) is 9.80 Å². The zero-order chi connectivity index (χ0) is 34.0. The van der Waals surface area contributed by atoms with Gasteiger partial charge >= 0.3 is 0 Å². The molecule has 2 spiro atoms. The molecule has 0 amide bonds. The topological polar surface area (TPSA) is 63.6 Å². The maximum absolute atomic E-state index is 11.0. The minimum absolute atomic E-state index is 0.00871. The molecule has 5 aliphatic carbocycles. The lowest BCUT2D eigenvalue weighted by Crippen LogP contribution is -2.64. The Morgan fingerprint density at radius 3 is 2.38 bits per heavy atom. The Labute approximate surface area is 292 Å². The Kier molecular flexibility index (Phi) is 8.60. The third kappa shape index (κ3) is 4.89. The summed E-state index contributed by atoms with van der Waals surface area (Å²) in [6, 6.07) is 1.30. The van der Waals surface area contributed by atoms with Gasteiger partial charge in [0.25, 0.3) is 0 Å². The number of fused-ring (bicyclic) bond motifs is 4. The van der Waals surface area contributed by atoms with Crippen molar-refractivity contribution in [2.45, 2.75) is 168 Å². The van der Waals surface area contributed by atoms with Crippen LogP contribution in [0.3, 0.4) is 0 Å². The van der Waals surface area contributed by atoms with Gasteiger partial charge in [0.2, 0.25) is 0 Å². The summed E-state index contributed by atoms with van der Waals surface area (Å²) in [6.07, 6.45) is 11.7. The van der Waals surface area contributed by atoms with Gasteiger partial charge in [0.1, 0.15) is 6.10 Å². The number of aliphatic hydroxyl groups is 1. The molecule has 3 heterocycles. The highest BCUT2D eigenvalue weighted by Crippen LogP contribution is 2.89. The molecule has 8 rings (SSSR count). The molecule has 5 saturated carbocycles. The van der Waals surface area contributed by atoms with Gasteiger partial charge in [-0.3, -0.25) is 9.80 Å². The highest BCUT2D eigenvalue weighted by Gasteiger charge is 2.84. The molecule has 1 N–H and O–H groups in total. The van der Waals surface area contributed by atoms with Crippen LogP contribution in [0.15, 0.2) is 0 Å². The summed E-state index contributed by atoms with van der Waals surface area (Å²) in [5.41, 5.74) is 0.615. The summed E-state index contributed by atoms with van der Waals surface area (Å²) in [4.78, 5) is 5.23. The first-order valence-corrected chi connectivity index (χ1v) is 20.4. The molecular weight excluding hydrogens is 600 g/mol. The van der Waals surface area contributed by atoms with E-state index in [9.17, 15) is 5.11 Å². The third-order valence-electron chi connectivity index (χ3n) is 17.1. The van der Waals surface area contributed by atoms with Crippen molar-refractivity contribution in [3.63, 3.8) is 0 Å². The molecule has 274 valence electrons. The fraction of sp³-hybridized carbons (Fsp3) is 1.00. The monoisotopic (exact) mass is 671 g/mol. The van der Waals surface area contributed by atoms with E-state index in [0.29, 0.717) is 47.0 Å². The van der Waals surface area contributed by atoms with Gasteiger partial charge in [-0.2, -0.15) is 0 Å². The van der Waals surface area contributed by atoms with Crippen molar-refractivity contribution in [2.75, 3.05) is 39.4 Å². The van der Waals surface area contributed by atoms with Crippen molar-refractivity contribution in [2.24, 2.45) is 51.2 Å². The second kappa shape index (κ2) is 11.9. The first kappa shape index (κ1) is 34.8. The van der Waals surface area contributed by atoms with E-state index < -0.39 is 5.60 Å². The van der Waals surface area contributed by atoms with Crippen LogP contribution in [-0.2, 0) is 18.9 Å². The largest absolute Gasteiger partial charge is 0.388 e. The van der Waals surface area contributed by atoms with Gasteiger partial charge in [0, 0.05) is 44.9 Å². The number of nitrogens with zero attached hydrogens (tertiary/aromatic N) is 2.